The van der Waals surface area contributed by atoms with Crippen molar-refractivity contribution >= 4 is 43.8 Å². The fourth-order valence-corrected chi connectivity index (χ4v) is 7.21. The van der Waals surface area contributed by atoms with Gasteiger partial charge in [0, 0.05) is 0 Å². The van der Waals surface area contributed by atoms with Gasteiger partial charge < -0.3 is 39.5 Å². The van der Waals surface area contributed by atoms with Crippen LogP contribution in [0.5, 0.6) is 0 Å². The normalized spacial score (nSPS) is 27.4. The number of aliphatic hydroxyl groups is 2. The Kier molecular flexibility index (Phi) is 7.13. The molecule has 0 spiro atoms. The van der Waals surface area contributed by atoms with Crippen LogP contribution < -0.4 is 5.32 Å². The highest BCUT2D eigenvalue weighted by Gasteiger charge is 2.46. The van der Waals surface area contributed by atoms with Crippen molar-refractivity contribution in [3.63, 3.8) is 0 Å². The first-order valence-corrected chi connectivity index (χ1v) is 15.0. The van der Waals surface area contributed by atoms with Crippen molar-refractivity contribution in [2.24, 2.45) is 0 Å². The van der Waals surface area contributed by atoms with Crippen LogP contribution >= 0.6 is 26.8 Å². The van der Waals surface area contributed by atoms with E-state index in [1.54, 1.807) is 0 Å². The minimum atomic E-state index is -4.84. The third kappa shape index (κ3) is 5.57. The molecule has 1 aromatic carbocycles. The third-order valence-corrected chi connectivity index (χ3v) is 9.75. The molecular weight excluding hydrogens is 554 g/mol. The summed E-state index contributed by atoms with van der Waals surface area (Å²) in [6, 6.07) is 7.96. The Balaban J connectivity index is 1.37. The summed E-state index contributed by atoms with van der Waals surface area (Å²) < 4.78 is 34.4. The highest BCUT2D eigenvalue weighted by molar-refractivity contribution is 7.70. The van der Waals surface area contributed by atoms with Gasteiger partial charge in [0.25, 0.3) is 0 Å². The van der Waals surface area contributed by atoms with E-state index < -0.39 is 52.2 Å². The zero-order valence-electron chi connectivity index (χ0n) is 18.9. The summed E-state index contributed by atoms with van der Waals surface area (Å²) in [6.07, 6.45) is -4.12. The number of fused-ring (bicyclic) bond motifs is 2. The molecule has 200 valence electrons. The molecule has 2 unspecified atom stereocenters. The quantitative estimate of drug-likeness (QED) is 0.162. The van der Waals surface area contributed by atoms with Crippen LogP contribution in [-0.2, 0) is 24.8 Å². The Morgan fingerprint density at radius 3 is 2.68 bits per heavy atom. The van der Waals surface area contributed by atoms with Gasteiger partial charge in [-0.1, -0.05) is 29.5 Å². The molecule has 2 aromatic heterocycles. The Morgan fingerprint density at radius 1 is 1.16 bits per heavy atom. The second-order valence-electron chi connectivity index (χ2n) is 8.77. The molecule has 6 N–H and O–H groups in total. The van der Waals surface area contributed by atoms with Crippen LogP contribution in [0.25, 0.3) is 11.2 Å². The van der Waals surface area contributed by atoms with Gasteiger partial charge >= 0.3 is 15.2 Å². The van der Waals surface area contributed by atoms with Gasteiger partial charge in [-0.05, 0) is 35.6 Å². The Hall–Kier alpha value is -2.03. The zero-order valence-corrected chi connectivity index (χ0v) is 21.4. The lowest BCUT2D eigenvalue weighted by Crippen LogP contribution is -2.33. The summed E-state index contributed by atoms with van der Waals surface area (Å²) in [5.41, 5.74) is 2.68. The van der Waals surface area contributed by atoms with Crippen molar-refractivity contribution in [1.29, 1.82) is 0 Å². The summed E-state index contributed by atoms with van der Waals surface area (Å²) in [7, 11) is -9.54. The summed E-state index contributed by atoms with van der Waals surface area (Å²) >= 11 is 6.17. The number of aliphatic hydroxyl groups excluding tert-OH is 2. The molecule has 37 heavy (non-hydrogen) atoms. The van der Waals surface area contributed by atoms with Gasteiger partial charge in [0.2, 0.25) is 5.28 Å². The fraction of sp³-hybridized carbons (Fsp3) is 0.474. The number of hydrogen-bond acceptors (Lipinski definition) is 11. The smallest absolute Gasteiger partial charge is 0.340 e. The molecule has 1 aliphatic heterocycles. The molecule has 0 saturated carbocycles. The topological polar surface area (TPSA) is 222 Å². The average Bonchev–Trinajstić information content (AvgIpc) is 3.48. The third-order valence-electron chi connectivity index (χ3n) is 6.12. The number of benzene rings is 1. The molecule has 2 aliphatic rings. The van der Waals surface area contributed by atoms with Crippen LogP contribution in [0.15, 0.2) is 24.3 Å². The SMILES string of the molecule is O=P(O)(O)CP(=O)(O)OC[C@H]1O[C@@H](n2nnc3c(NC4CCc5ccccc54)nc(Cl)nc32)[C@H](O)[C@@H]1O. The van der Waals surface area contributed by atoms with Crippen molar-refractivity contribution < 1.29 is 43.3 Å². The van der Waals surface area contributed by atoms with E-state index in [-0.39, 0.29) is 22.5 Å². The van der Waals surface area contributed by atoms with Crippen LogP contribution in [0, 0.1) is 0 Å². The number of aromatic nitrogens is 5. The molecule has 0 amide bonds. The van der Waals surface area contributed by atoms with E-state index in [4.69, 9.17) is 30.6 Å². The van der Waals surface area contributed by atoms with E-state index in [2.05, 4.69) is 31.7 Å². The molecule has 5 rings (SSSR count). The summed E-state index contributed by atoms with van der Waals surface area (Å²) in [6.45, 7) is -0.737. The first kappa shape index (κ1) is 26.6. The van der Waals surface area contributed by atoms with Crippen LogP contribution in [0.3, 0.4) is 0 Å². The highest BCUT2D eigenvalue weighted by Crippen LogP contribution is 2.55. The standard InChI is InChI=1S/C19H23ClN6O9P2/c20-19-22-16(21-11-6-5-9-3-1-2-4-10(9)11)13-17(23-19)26(25-24-13)18-15(28)14(27)12(35-18)7-34-37(32,33)8-36(29,30)31/h1-4,11-12,14-15,18,27-28H,5-8H2,(H,32,33)(H,21,22,23)(H2,29,30,31)/t11?,12-,14-,15-,18-/m1/s1. The molecule has 6 atom stereocenters. The maximum atomic E-state index is 11.9. The predicted molar refractivity (Wildman–Crippen MR) is 128 cm³/mol. The van der Waals surface area contributed by atoms with Crippen molar-refractivity contribution in [2.45, 2.75) is 43.4 Å². The summed E-state index contributed by atoms with van der Waals surface area (Å²) in [4.78, 5) is 35.9. The zero-order chi connectivity index (χ0) is 26.5. The van der Waals surface area contributed by atoms with E-state index in [0.29, 0.717) is 5.82 Å². The van der Waals surface area contributed by atoms with Crippen LogP contribution in [-0.4, -0.2) is 80.7 Å². The van der Waals surface area contributed by atoms with Crippen molar-refractivity contribution in [3.8, 4) is 0 Å². The molecule has 0 bridgehead atoms. The van der Waals surface area contributed by atoms with Gasteiger partial charge in [-0.3, -0.25) is 9.13 Å². The highest BCUT2D eigenvalue weighted by atomic mass is 35.5. The molecule has 15 nitrogen and oxygen atoms in total. The maximum absolute atomic E-state index is 11.9. The van der Waals surface area contributed by atoms with E-state index >= 15 is 0 Å². The van der Waals surface area contributed by atoms with Gasteiger partial charge in [-0.15, -0.1) is 5.10 Å². The number of nitrogens with zero attached hydrogens (tertiary/aromatic N) is 5. The lowest BCUT2D eigenvalue weighted by Gasteiger charge is -2.18. The molecule has 0 radical (unpaired) electrons. The largest absolute Gasteiger partial charge is 0.387 e. The Bertz CT molecular complexity index is 1420. The lowest BCUT2D eigenvalue weighted by atomic mass is 10.1. The van der Waals surface area contributed by atoms with E-state index in [0.717, 1.165) is 23.1 Å². The second-order valence-corrected chi connectivity index (χ2v) is 13.1. The van der Waals surface area contributed by atoms with Gasteiger partial charge in [-0.2, -0.15) is 14.6 Å². The van der Waals surface area contributed by atoms with Crippen LogP contribution in [0.1, 0.15) is 29.8 Å². The number of halogens is 1. The van der Waals surface area contributed by atoms with Crippen molar-refractivity contribution in [1.82, 2.24) is 25.0 Å². The summed E-state index contributed by atoms with van der Waals surface area (Å²) in [5, 5.41) is 32.3. The number of ether oxygens (including phenoxy) is 1. The van der Waals surface area contributed by atoms with E-state index in [1.165, 1.54) is 5.56 Å². The number of nitrogens with one attached hydrogen (secondary N) is 1. The number of rotatable bonds is 8. The van der Waals surface area contributed by atoms with Gasteiger partial charge in [0.05, 0.1) is 12.6 Å². The monoisotopic (exact) mass is 576 g/mol. The number of hydrogen-bond donors (Lipinski definition) is 6. The van der Waals surface area contributed by atoms with Crippen molar-refractivity contribution in [3.05, 3.63) is 40.7 Å². The average molecular weight is 577 g/mol. The number of aryl methyl sites for hydroxylation is 1. The molecule has 18 heteroatoms. The van der Waals surface area contributed by atoms with Gasteiger partial charge in [-0.25, -0.2) is 0 Å². The lowest BCUT2D eigenvalue weighted by molar-refractivity contribution is -0.0549. The molecule has 1 aliphatic carbocycles. The summed E-state index contributed by atoms with van der Waals surface area (Å²) in [5.74, 6) is -1.09. The number of anilines is 1. The minimum Gasteiger partial charge on any atom is -0.387 e. The molecule has 3 heterocycles. The molecule has 1 saturated heterocycles. The minimum absolute atomic E-state index is 0.0468. The van der Waals surface area contributed by atoms with Gasteiger partial charge in [0.15, 0.2) is 29.1 Å². The van der Waals surface area contributed by atoms with E-state index in [9.17, 15) is 24.2 Å². The van der Waals surface area contributed by atoms with Crippen molar-refractivity contribution in [2.75, 3.05) is 17.8 Å². The van der Waals surface area contributed by atoms with Crippen LogP contribution in [0.2, 0.25) is 5.28 Å². The van der Waals surface area contributed by atoms with Gasteiger partial charge in [0.1, 0.15) is 18.3 Å². The predicted octanol–water partition coefficient (Wildman–Crippen LogP) is 0.930. The molecule has 1 fully saturated rings. The van der Waals surface area contributed by atoms with Crippen LogP contribution in [0.4, 0.5) is 5.82 Å². The Labute approximate surface area is 214 Å². The maximum Gasteiger partial charge on any atom is 0.340 e. The first-order valence-electron chi connectivity index (χ1n) is 11.1. The molecule has 3 aromatic rings. The fourth-order valence-electron chi connectivity index (χ4n) is 4.48. The molecular formula is C19H23ClN6O9P2. The Morgan fingerprint density at radius 2 is 1.92 bits per heavy atom. The second kappa shape index (κ2) is 9.93. The first-order chi connectivity index (χ1) is 17.4. The van der Waals surface area contributed by atoms with E-state index in [1.807, 2.05) is 18.2 Å².